The van der Waals surface area contributed by atoms with E-state index in [1.165, 1.54) is 4.68 Å². The van der Waals surface area contributed by atoms with E-state index < -0.39 is 5.97 Å². The van der Waals surface area contributed by atoms with Crippen molar-refractivity contribution >= 4 is 79.2 Å². The van der Waals surface area contributed by atoms with E-state index in [2.05, 4.69) is 50.3 Å². The number of para-hydroxylation sites is 1. The van der Waals surface area contributed by atoms with E-state index in [9.17, 15) is 9.59 Å². The summed E-state index contributed by atoms with van der Waals surface area (Å²) >= 11 is 4.27. The van der Waals surface area contributed by atoms with Crippen LogP contribution >= 0.6 is 45.2 Å². The van der Waals surface area contributed by atoms with Crippen LogP contribution in [-0.2, 0) is 9.53 Å². The monoisotopic (exact) mass is 763 g/mol. The topological polar surface area (TPSA) is 105 Å². The van der Waals surface area contributed by atoms with E-state index in [1.54, 1.807) is 51.4 Å². The molecule has 2 heterocycles. The molecule has 0 N–H and O–H groups in total. The molecule has 40 heavy (non-hydrogen) atoms. The summed E-state index contributed by atoms with van der Waals surface area (Å²) in [5.74, 6) is 1.41. The van der Waals surface area contributed by atoms with Crippen LogP contribution in [0.2, 0.25) is 0 Å². The van der Waals surface area contributed by atoms with Gasteiger partial charge in [0.2, 0.25) is 5.82 Å². The Labute approximate surface area is 256 Å². The molecular weight excluding hydrogens is 740 g/mol. The molecule has 0 spiro atoms. The van der Waals surface area contributed by atoms with Gasteiger partial charge < -0.3 is 18.6 Å². The molecule has 0 aliphatic carbocycles. The zero-order valence-electron chi connectivity index (χ0n) is 21.7. The van der Waals surface area contributed by atoms with Crippen molar-refractivity contribution in [2.45, 2.75) is 20.0 Å². The van der Waals surface area contributed by atoms with Crippen LogP contribution in [0.25, 0.3) is 33.5 Å². The SMILES string of the molecule is COc1cccc2oc(-c3nc4ccccc4c(=O)n3N=Cc3cc(I)c(OCC(=O)OC(C)C)c(I)c3)cc12. The lowest BCUT2D eigenvalue weighted by atomic mass is 10.2. The number of hydrogen-bond acceptors (Lipinski definition) is 8. The molecule has 0 aliphatic heterocycles. The van der Waals surface area contributed by atoms with Crippen molar-refractivity contribution in [3.05, 3.63) is 83.7 Å². The number of esters is 1. The summed E-state index contributed by atoms with van der Waals surface area (Å²) in [4.78, 5) is 30.2. The van der Waals surface area contributed by atoms with Crippen LogP contribution in [0.5, 0.6) is 11.5 Å². The Balaban J connectivity index is 1.55. The predicted octanol–water partition coefficient (Wildman–Crippen LogP) is 6.24. The Morgan fingerprint density at radius 1 is 1.07 bits per heavy atom. The summed E-state index contributed by atoms with van der Waals surface area (Å²) in [5, 5.41) is 5.73. The smallest absolute Gasteiger partial charge is 0.344 e. The second-order valence-electron chi connectivity index (χ2n) is 8.94. The molecule has 0 atom stereocenters. The van der Waals surface area contributed by atoms with Gasteiger partial charge >= 0.3 is 5.97 Å². The van der Waals surface area contributed by atoms with E-state index >= 15 is 0 Å². The number of aromatic nitrogens is 2. The van der Waals surface area contributed by atoms with Gasteiger partial charge in [0.25, 0.3) is 5.56 Å². The maximum Gasteiger partial charge on any atom is 0.344 e. The van der Waals surface area contributed by atoms with Crippen molar-refractivity contribution in [1.82, 2.24) is 9.66 Å². The molecule has 0 unspecified atom stereocenters. The summed E-state index contributed by atoms with van der Waals surface area (Å²) in [6.45, 7) is 3.38. The average Bonchev–Trinajstić information content (AvgIpc) is 3.36. The standard InChI is InChI=1S/C29H23I2N3O6/c1-16(2)39-26(35)15-38-27-20(30)11-17(12-21(27)31)14-32-34-28(33-22-8-5-4-7-18(22)29(34)36)25-13-19-23(37-3)9-6-10-24(19)40-25/h4-14,16H,15H2,1-3H3. The normalized spacial score (nSPS) is 11.6. The van der Waals surface area contributed by atoms with Crippen LogP contribution in [0.4, 0.5) is 0 Å². The number of ether oxygens (including phenoxy) is 3. The fourth-order valence-corrected chi connectivity index (χ4v) is 6.18. The molecule has 0 aliphatic rings. The van der Waals surface area contributed by atoms with Gasteiger partial charge in [-0.15, -0.1) is 0 Å². The first-order chi connectivity index (χ1) is 19.2. The molecule has 9 nitrogen and oxygen atoms in total. The molecule has 0 saturated heterocycles. The highest BCUT2D eigenvalue weighted by molar-refractivity contribution is 14.1. The summed E-state index contributed by atoms with van der Waals surface area (Å²) in [5.41, 5.74) is 1.52. The predicted molar refractivity (Wildman–Crippen MR) is 169 cm³/mol. The van der Waals surface area contributed by atoms with Gasteiger partial charge in [0, 0.05) is 0 Å². The Kier molecular flexibility index (Phi) is 8.40. The number of carbonyl (C=O) groups is 1. The van der Waals surface area contributed by atoms with E-state index in [4.69, 9.17) is 23.6 Å². The van der Waals surface area contributed by atoms with Gasteiger partial charge in [-0.1, -0.05) is 18.2 Å². The van der Waals surface area contributed by atoms with Crippen LogP contribution in [0, 0.1) is 7.14 Å². The van der Waals surface area contributed by atoms with Crippen LogP contribution in [0.1, 0.15) is 19.4 Å². The molecule has 0 radical (unpaired) electrons. The number of hydrogen-bond donors (Lipinski definition) is 0. The Morgan fingerprint density at radius 3 is 2.55 bits per heavy atom. The van der Waals surface area contributed by atoms with Crippen molar-refractivity contribution in [2.75, 3.05) is 13.7 Å². The first-order valence-electron chi connectivity index (χ1n) is 12.2. The van der Waals surface area contributed by atoms with Crippen LogP contribution in [0.15, 0.2) is 75.0 Å². The van der Waals surface area contributed by atoms with Crippen LogP contribution in [0.3, 0.4) is 0 Å². The van der Waals surface area contributed by atoms with Gasteiger partial charge in [-0.2, -0.15) is 9.78 Å². The van der Waals surface area contributed by atoms with Gasteiger partial charge in [0.15, 0.2) is 12.4 Å². The largest absolute Gasteiger partial charge is 0.496 e. The number of halogens is 2. The summed E-state index contributed by atoms with van der Waals surface area (Å²) in [6.07, 6.45) is 1.36. The van der Waals surface area contributed by atoms with Crippen LogP contribution in [-0.4, -0.2) is 41.7 Å². The fourth-order valence-electron chi connectivity index (χ4n) is 4.06. The maximum atomic E-state index is 13.6. The molecule has 0 bridgehead atoms. The number of benzene rings is 3. The number of fused-ring (bicyclic) bond motifs is 2. The van der Waals surface area contributed by atoms with Crippen molar-refractivity contribution < 1.29 is 23.4 Å². The van der Waals surface area contributed by atoms with E-state index in [0.717, 1.165) is 18.1 Å². The number of methoxy groups -OCH3 is 1. The Bertz CT molecular complexity index is 1800. The highest BCUT2D eigenvalue weighted by Gasteiger charge is 2.18. The minimum absolute atomic E-state index is 0.193. The Hall–Kier alpha value is -3.46. The lowest BCUT2D eigenvalue weighted by molar-refractivity contribution is -0.149. The summed E-state index contributed by atoms with van der Waals surface area (Å²) in [7, 11) is 1.59. The molecular formula is C29H23I2N3O6. The third-order valence-corrected chi connectivity index (χ3v) is 7.36. The quantitative estimate of drug-likeness (QED) is 0.105. The van der Waals surface area contributed by atoms with Crippen molar-refractivity contribution in [1.29, 1.82) is 0 Å². The van der Waals surface area contributed by atoms with E-state index in [-0.39, 0.29) is 24.1 Å². The van der Waals surface area contributed by atoms with Gasteiger partial charge in [0.05, 0.1) is 42.9 Å². The lowest BCUT2D eigenvalue weighted by Crippen LogP contribution is -2.20. The van der Waals surface area contributed by atoms with Crippen LogP contribution < -0.4 is 15.0 Å². The fraction of sp³-hybridized carbons (Fsp3) is 0.172. The highest BCUT2D eigenvalue weighted by atomic mass is 127. The molecule has 0 saturated carbocycles. The maximum absolute atomic E-state index is 13.6. The molecule has 5 aromatic rings. The Morgan fingerprint density at radius 2 is 1.82 bits per heavy atom. The average molecular weight is 763 g/mol. The van der Waals surface area contributed by atoms with Crippen molar-refractivity contribution in [3.63, 3.8) is 0 Å². The molecule has 3 aromatic carbocycles. The summed E-state index contributed by atoms with van der Waals surface area (Å²) in [6, 6.07) is 18.1. The van der Waals surface area contributed by atoms with Gasteiger partial charge in [-0.25, -0.2) is 9.78 Å². The minimum Gasteiger partial charge on any atom is -0.496 e. The van der Waals surface area contributed by atoms with Gasteiger partial charge in [-0.05, 0) is 107 Å². The van der Waals surface area contributed by atoms with Gasteiger partial charge in [-0.3, -0.25) is 4.79 Å². The number of furan rings is 1. The molecule has 5 rings (SSSR count). The molecule has 11 heteroatoms. The summed E-state index contributed by atoms with van der Waals surface area (Å²) < 4.78 is 25.2. The number of carbonyl (C=O) groups excluding carboxylic acids is 1. The third-order valence-electron chi connectivity index (χ3n) is 5.76. The number of rotatable bonds is 8. The number of nitrogens with zero attached hydrogens (tertiary/aromatic N) is 3. The highest BCUT2D eigenvalue weighted by Crippen LogP contribution is 2.33. The van der Waals surface area contributed by atoms with Gasteiger partial charge in [0.1, 0.15) is 17.1 Å². The van der Waals surface area contributed by atoms with E-state index in [0.29, 0.717) is 33.7 Å². The van der Waals surface area contributed by atoms with E-state index in [1.807, 2.05) is 36.4 Å². The molecule has 2 aromatic heterocycles. The minimum atomic E-state index is -0.439. The lowest BCUT2D eigenvalue weighted by Gasteiger charge is -2.12. The molecule has 0 fully saturated rings. The molecule has 0 amide bonds. The van der Waals surface area contributed by atoms with Crippen molar-refractivity contribution in [3.8, 4) is 23.1 Å². The zero-order chi connectivity index (χ0) is 28.4. The zero-order valence-corrected chi connectivity index (χ0v) is 26.0. The first-order valence-corrected chi connectivity index (χ1v) is 14.3. The first kappa shape index (κ1) is 28.1. The second kappa shape index (κ2) is 12.0. The molecule has 204 valence electrons. The van der Waals surface area contributed by atoms with Crippen molar-refractivity contribution in [2.24, 2.45) is 5.10 Å². The second-order valence-corrected chi connectivity index (χ2v) is 11.3. The third kappa shape index (κ3) is 5.84.